The van der Waals surface area contributed by atoms with Gasteiger partial charge in [0.2, 0.25) is 0 Å². The van der Waals surface area contributed by atoms with Crippen LogP contribution in [0.25, 0.3) is 43.9 Å². The van der Waals surface area contributed by atoms with Gasteiger partial charge >= 0.3 is 0 Å². The summed E-state index contributed by atoms with van der Waals surface area (Å²) in [7, 11) is 2.01. The molecule has 0 aliphatic carbocycles. The van der Waals surface area contributed by atoms with E-state index in [0.29, 0.717) is 0 Å². The third-order valence-corrected chi connectivity index (χ3v) is 5.31. The van der Waals surface area contributed by atoms with E-state index >= 15 is 0 Å². The molecular formula is C26H19N2Y-. The Kier molecular flexibility index (Phi) is 5.58. The van der Waals surface area contributed by atoms with Crippen molar-refractivity contribution in [3.8, 4) is 22.4 Å². The Morgan fingerprint density at radius 1 is 0.862 bits per heavy atom. The van der Waals surface area contributed by atoms with E-state index in [-0.39, 0.29) is 32.7 Å². The van der Waals surface area contributed by atoms with Crippen molar-refractivity contribution in [3.63, 3.8) is 0 Å². The molecule has 4 aromatic carbocycles. The molecule has 0 bridgehead atoms. The summed E-state index contributed by atoms with van der Waals surface area (Å²) in [6, 6.07) is 30.6. The van der Waals surface area contributed by atoms with Crippen LogP contribution in [0, 0.1) is 19.1 Å². The van der Waals surface area contributed by atoms with Gasteiger partial charge in [0.15, 0.2) is 0 Å². The maximum Gasteiger partial charge on any atom is 0.279 e. The van der Waals surface area contributed by atoms with Crippen molar-refractivity contribution in [2.24, 2.45) is 7.05 Å². The first kappa shape index (κ1) is 19.9. The topological polar surface area (TPSA) is 16.8 Å². The number of aromatic nitrogens is 2. The first-order chi connectivity index (χ1) is 13.7. The number of fused-ring (bicyclic) bond motifs is 3. The number of benzene rings is 4. The summed E-state index contributed by atoms with van der Waals surface area (Å²) in [4.78, 5) is 4.18. The molecule has 137 valence electrons. The fourth-order valence-corrected chi connectivity index (χ4v) is 3.78. The molecule has 0 aliphatic rings. The van der Waals surface area contributed by atoms with E-state index in [1.807, 2.05) is 30.2 Å². The van der Waals surface area contributed by atoms with Crippen LogP contribution in [0.1, 0.15) is 5.56 Å². The smallest absolute Gasteiger partial charge is 0.266 e. The van der Waals surface area contributed by atoms with Gasteiger partial charge in [-0.05, 0) is 11.5 Å². The van der Waals surface area contributed by atoms with Crippen LogP contribution >= 0.6 is 0 Å². The van der Waals surface area contributed by atoms with E-state index in [2.05, 4.69) is 84.7 Å². The van der Waals surface area contributed by atoms with Gasteiger partial charge < -0.3 is 0 Å². The Morgan fingerprint density at radius 3 is 2.55 bits per heavy atom. The maximum absolute atomic E-state index is 4.18. The van der Waals surface area contributed by atoms with Crippen molar-refractivity contribution in [1.82, 2.24) is 4.98 Å². The van der Waals surface area contributed by atoms with Crippen LogP contribution in [0.5, 0.6) is 0 Å². The summed E-state index contributed by atoms with van der Waals surface area (Å²) < 4.78 is 2.03. The fourth-order valence-electron chi connectivity index (χ4n) is 3.78. The molecule has 1 radical (unpaired) electrons. The zero-order valence-corrected chi connectivity index (χ0v) is 19.3. The summed E-state index contributed by atoms with van der Waals surface area (Å²) in [5.41, 5.74) is 5.49. The second kappa shape index (κ2) is 8.14. The molecule has 0 amide bonds. The van der Waals surface area contributed by atoms with Crippen molar-refractivity contribution < 1.29 is 37.3 Å². The second-order valence-electron chi connectivity index (χ2n) is 7.14. The van der Waals surface area contributed by atoms with Gasteiger partial charge in [-0.15, -0.1) is 23.1 Å². The molecule has 0 fully saturated rings. The Labute approximate surface area is 196 Å². The summed E-state index contributed by atoms with van der Waals surface area (Å²) in [5.74, 6) is 0. The molecule has 0 unspecified atom stereocenters. The average molecular weight is 448 g/mol. The molecule has 0 N–H and O–H groups in total. The Morgan fingerprint density at radius 2 is 1.69 bits per heavy atom. The van der Waals surface area contributed by atoms with E-state index in [9.17, 15) is 0 Å². The monoisotopic (exact) mass is 448 g/mol. The largest absolute Gasteiger partial charge is 0.279 e. The quantitative estimate of drug-likeness (QED) is 0.199. The molecule has 5 rings (SSSR count). The average Bonchev–Trinajstić information content (AvgIpc) is 2.74. The van der Waals surface area contributed by atoms with E-state index < -0.39 is 0 Å². The van der Waals surface area contributed by atoms with Crippen molar-refractivity contribution in [1.29, 1.82) is 0 Å². The standard InChI is InChI=1S/C26H19N2.Y/c1-18-7-8-21(16-25(18)26-13-14-27-17-28(26)2)20-11-12-24-22(15-20)10-9-19-5-3-4-6-23(19)24;/h3-10,12-15,17H,1-2H3;/q-1;. The van der Waals surface area contributed by atoms with Gasteiger partial charge in [-0.1, -0.05) is 64.6 Å². The first-order valence-electron chi connectivity index (χ1n) is 9.37. The second-order valence-corrected chi connectivity index (χ2v) is 7.14. The van der Waals surface area contributed by atoms with E-state index in [1.165, 1.54) is 27.1 Å². The molecule has 1 aromatic heterocycles. The Hall–Kier alpha value is -2.42. The van der Waals surface area contributed by atoms with Crippen molar-refractivity contribution in [2.75, 3.05) is 0 Å². The number of hydrogen-bond acceptors (Lipinski definition) is 1. The molecule has 3 heteroatoms. The molecule has 0 spiro atoms. The van der Waals surface area contributed by atoms with Crippen molar-refractivity contribution >= 4 is 21.5 Å². The molecule has 29 heavy (non-hydrogen) atoms. The van der Waals surface area contributed by atoms with Crippen LogP contribution < -0.4 is 4.57 Å². The predicted octanol–water partition coefficient (Wildman–Crippen LogP) is 5.45. The molecule has 1 heterocycles. The Bertz CT molecular complexity index is 1340. The summed E-state index contributed by atoms with van der Waals surface area (Å²) in [6.07, 6.45) is 3.64. The molecule has 0 saturated heterocycles. The minimum absolute atomic E-state index is 0. The molecular weight excluding hydrogens is 429 g/mol. The number of aryl methyl sites for hydroxylation is 2. The number of hydrogen-bond donors (Lipinski definition) is 0. The van der Waals surface area contributed by atoms with Gasteiger partial charge in [0.1, 0.15) is 6.20 Å². The molecule has 0 aliphatic heterocycles. The Balaban J connectivity index is 0.00000205. The summed E-state index contributed by atoms with van der Waals surface area (Å²) in [6.45, 7) is 2.12. The van der Waals surface area contributed by atoms with Gasteiger partial charge in [0.25, 0.3) is 6.33 Å². The van der Waals surface area contributed by atoms with Gasteiger partial charge in [-0.2, -0.15) is 29.8 Å². The van der Waals surface area contributed by atoms with E-state index in [4.69, 9.17) is 0 Å². The predicted molar refractivity (Wildman–Crippen MR) is 114 cm³/mol. The number of rotatable bonds is 2. The number of nitrogens with zero attached hydrogens (tertiary/aromatic N) is 2. The SMILES string of the molecule is Cc1ccc(-c2[c-]cc3c(ccc4ccccc43)c2)[c-]c1-c1ccnc[n+]1C.[Y]. The summed E-state index contributed by atoms with van der Waals surface area (Å²) in [5, 5.41) is 4.97. The van der Waals surface area contributed by atoms with Crippen LogP contribution in [-0.2, 0) is 39.8 Å². The van der Waals surface area contributed by atoms with Crippen LogP contribution in [0.15, 0.2) is 79.3 Å². The summed E-state index contributed by atoms with van der Waals surface area (Å²) >= 11 is 0. The van der Waals surface area contributed by atoms with Crippen LogP contribution in [-0.4, -0.2) is 4.98 Å². The third-order valence-electron chi connectivity index (χ3n) is 5.31. The minimum atomic E-state index is 0. The van der Waals surface area contributed by atoms with Crippen LogP contribution in [0.3, 0.4) is 0 Å². The van der Waals surface area contributed by atoms with Gasteiger partial charge in [-0.3, -0.25) is 4.57 Å². The van der Waals surface area contributed by atoms with Gasteiger partial charge in [0, 0.05) is 32.7 Å². The molecule has 0 saturated carbocycles. The minimum Gasteiger partial charge on any atom is -0.266 e. The van der Waals surface area contributed by atoms with E-state index in [1.54, 1.807) is 0 Å². The fraction of sp³-hybridized carbons (Fsp3) is 0.0769. The zero-order chi connectivity index (χ0) is 19.1. The van der Waals surface area contributed by atoms with Crippen LogP contribution in [0.2, 0.25) is 0 Å². The molecule has 0 atom stereocenters. The maximum atomic E-state index is 4.18. The van der Waals surface area contributed by atoms with Gasteiger partial charge in [-0.25, -0.2) is 5.56 Å². The van der Waals surface area contributed by atoms with Crippen molar-refractivity contribution in [3.05, 3.63) is 97.0 Å². The van der Waals surface area contributed by atoms with Gasteiger partial charge in [0.05, 0.1) is 12.7 Å². The normalized spacial score (nSPS) is 10.8. The first-order valence-corrected chi connectivity index (χ1v) is 9.37. The van der Waals surface area contributed by atoms with Crippen molar-refractivity contribution in [2.45, 2.75) is 6.92 Å². The third kappa shape index (κ3) is 3.63. The molecule has 5 aromatic rings. The zero-order valence-electron chi connectivity index (χ0n) is 16.5. The van der Waals surface area contributed by atoms with E-state index in [0.717, 1.165) is 22.4 Å². The molecule has 2 nitrogen and oxygen atoms in total. The van der Waals surface area contributed by atoms with Crippen LogP contribution in [0.4, 0.5) is 0 Å².